The highest BCUT2D eigenvalue weighted by Crippen LogP contribution is 2.39. The number of ether oxygens (including phenoxy) is 2. The normalized spacial score (nSPS) is 23.2. The summed E-state index contributed by atoms with van der Waals surface area (Å²) in [5, 5.41) is 3.66. The van der Waals surface area contributed by atoms with Gasteiger partial charge in [0.1, 0.15) is 0 Å². The van der Waals surface area contributed by atoms with Crippen LogP contribution >= 0.6 is 0 Å². The van der Waals surface area contributed by atoms with E-state index < -0.39 is 0 Å². The lowest BCUT2D eigenvalue weighted by Gasteiger charge is -2.42. The van der Waals surface area contributed by atoms with Gasteiger partial charge >= 0.3 is 0 Å². The quantitative estimate of drug-likeness (QED) is 0.327. The zero-order chi connectivity index (χ0) is 24.8. The summed E-state index contributed by atoms with van der Waals surface area (Å²) in [6.45, 7) is 14.5. The van der Waals surface area contributed by atoms with Gasteiger partial charge in [0.2, 0.25) is 0 Å². The molecule has 1 aliphatic carbocycles. The van der Waals surface area contributed by atoms with Gasteiger partial charge < -0.3 is 19.7 Å². The van der Waals surface area contributed by atoms with E-state index in [-0.39, 0.29) is 17.1 Å². The largest absolute Gasteiger partial charge is 0.467 e. The van der Waals surface area contributed by atoms with Crippen LogP contribution in [0.3, 0.4) is 0 Å². The second-order valence-corrected chi connectivity index (χ2v) is 11.0. The van der Waals surface area contributed by atoms with Crippen LogP contribution in [-0.4, -0.2) is 51.5 Å². The number of nitrogens with zero attached hydrogens (tertiary/aromatic N) is 1. The van der Waals surface area contributed by atoms with Gasteiger partial charge in [-0.25, -0.2) is 0 Å². The van der Waals surface area contributed by atoms with Crippen molar-refractivity contribution in [1.29, 1.82) is 0 Å². The Labute approximate surface area is 206 Å². The second-order valence-electron chi connectivity index (χ2n) is 11.0. The highest BCUT2D eigenvalue weighted by Gasteiger charge is 2.37. The average Bonchev–Trinajstić information content (AvgIpc) is 2.80. The van der Waals surface area contributed by atoms with Gasteiger partial charge in [-0.1, -0.05) is 36.8 Å². The molecule has 1 saturated heterocycles. The van der Waals surface area contributed by atoms with Gasteiger partial charge in [-0.15, -0.1) is 0 Å². The summed E-state index contributed by atoms with van der Waals surface area (Å²) in [7, 11) is 2.12. The fraction of sp³-hybridized carbons (Fsp3) is 0.621. The minimum atomic E-state index is -0.103. The van der Waals surface area contributed by atoms with E-state index in [0.717, 1.165) is 38.9 Å². The lowest BCUT2D eigenvalue weighted by molar-refractivity contribution is -0.132. The molecule has 0 amide bonds. The molecule has 2 aliphatic rings. The van der Waals surface area contributed by atoms with E-state index in [4.69, 9.17) is 9.47 Å². The number of fused-ring (bicyclic) bond motifs is 1. The van der Waals surface area contributed by atoms with Crippen LogP contribution in [0, 0.1) is 18.3 Å². The van der Waals surface area contributed by atoms with E-state index in [9.17, 15) is 4.79 Å². The molecule has 1 fully saturated rings. The zero-order valence-electron chi connectivity index (χ0n) is 22.0. The fourth-order valence-electron chi connectivity index (χ4n) is 5.34. The van der Waals surface area contributed by atoms with Crippen LogP contribution in [0.4, 0.5) is 5.69 Å². The van der Waals surface area contributed by atoms with E-state index in [2.05, 4.69) is 88.3 Å². The number of aryl methyl sites for hydroxylation is 1. The maximum absolute atomic E-state index is 11.0. The molecular formula is C29H44N2O3. The van der Waals surface area contributed by atoms with Gasteiger partial charge in [-0.3, -0.25) is 4.79 Å². The predicted octanol–water partition coefficient (Wildman–Crippen LogP) is 5.44. The number of rotatable bonds is 12. The van der Waals surface area contributed by atoms with Crippen molar-refractivity contribution < 1.29 is 14.3 Å². The third kappa shape index (κ3) is 6.96. The van der Waals surface area contributed by atoms with Crippen LogP contribution in [0.5, 0.6) is 0 Å². The van der Waals surface area contributed by atoms with Crippen molar-refractivity contribution in [3.05, 3.63) is 53.1 Å². The Morgan fingerprint density at radius 3 is 2.68 bits per heavy atom. The summed E-state index contributed by atoms with van der Waals surface area (Å²) < 4.78 is 11.7. The van der Waals surface area contributed by atoms with Gasteiger partial charge in [0, 0.05) is 37.2 Å². The van der Waals surface area contributed by atoms with Crippen LogP contribution < -0.4 is 10.2 Å². The maximum Gasteiger partial charge on any atom is 0.293 e. The lowest BCUT2D eigenvalue weighted by atomic mass is 9.79. The minimum absolute atomic E-state index is 0.0291. The van der Waals surface area contributed by atoms with Crippen molar-refractivity contribution in [1.82, 2.24) is 5.32 Å². The first-order valence-corrected chi connectivity index (χ1v) is 12.8. The fourth-order valence-corrected chi connectivity index (χ4v) is 5.34. The summed E-state index contributed by atoms with van der Waals surface area (Å²) in [6, 6.07) is 8.59. The Kier molecular flexibility index (Phi) is 9.00. The molecule has 0 saturated carbocycles. The molecule has 1 aliphatic heterocycles. The van der Waals surface area contributed by atoms with Gasteiger partial charge in [-0.05, 0) is 83.2 Å². The lowest BCUT2D eigenvalue weighted by Crippen LogP contribution is -2.42. The Morgan fingerprint density at radius 1 is 1.26 bits per heavy atom. The van der Waals surface area contributed by atoms with Crippen molar-refractivity contribution in [2.24, 2.45) is 11.3 Å². The molecule has 1 aromatic carbocycles. The van der Waals surface area contributed by atoms with E-state index in [1.54, 1.807) is 0 Å². The highest BCUT2D eigenvalue weighted by atomic mass is 16.5. The molecule has 1 heterocycles. The molecule has 0 spiro atoms. The van der Waals surface area contributed by atoms with E-state index in [1.165, 1.54) is 28.8 Å². The summed E-state index contributed by atoms with van der Waals surface area (Å²) in [4.78, 5) is 13.3. The molecule has 3 rings (SSSR count). The maximum atomic E-state index is 11.0. The molecule has 0 radical (unpaired) electrons. The molecule has 1 aromatic rings. The topological polar surface area (TPSA) is 50.8 Å². The molecule has 3 atom stereocenters. The third-order valence-electron chi connectivity index (χ3n) is 7.62. The molecular weight excluding hydrogens is 424 g/mol. The van der Waals surface area contributed by atoms with Crippen molar-refractivity contribution in [3.63, 3.8) is 0 Å². The first-order valence-electron chi connectivity index (χ1n) is 12.8. The molecule has 0 aromatic heterocycles. The summed E-state index contributed by atoms with van der Waals surface area (Å²) in [6.07, 6.45) is 9.09. The van der Waals surface area contributed by atoms with Crippen LogP contribution in [-0.2, 0) is 14.3 Å². The number of hydrogen-bond acceptors (Lipinski definition) is 5. The van der Waals surface area contributed by atoms with Crippen LogP contribution in [0.25, 0.3) is 0 Å². The Hall–Kier alpha value is -2.11. The first-order chi connectivity index (χ1) is 16.2. The van der Waals surface area contributed by atoms with Crippen LogP contribution in [0.15, 0.2) is 47.6 Å². The SMILES string of the molecule is CCC(CCNCC1=CC2CCC(C)(C)OC2C(C)=C1)(COC=O)CN(C)c1ccc(C)cc1. The van der Waals surface area contributed by atoms with Gasteiger partial charge in [0.15, 0.2) is 0 Å². The average molecular weight is 469 g/mol. The number of benzene rings is 1. The van der Waals surface area contributed by atoms with Crippen LogP contribution in [0.1, 0.15) is 58.9 Å². The number of nitrogens with one attached hydrogen (secondary N) is 1. The van der Waals surface area contributed by atoms with E-state index in [0.29, 0.717) is 19.0 Å². The van der Waals surface area contributed by atoms with E-state index in [1.807, 2.05) is 0 Å². The van der Waals surface area contributed by atoms with Crippen molar-refractivity contribution in [2.75, 3.05) is 38.2 Å². The van der Waals surface area contributed by atoms with Crippen LogP contribution in [0.2, 0.25) is 0 Å². The zero-order valence-corrected chi connectivity index (χ0v) is 22.0. The van der Waals surface area contributed by atoms with Crippen molar-refractivity contribution in [2.45, 2.75) is 72.0 Å². The molecule has 3 unspecified atom stereocenters. The number of carbonyl (C=O) groups excluding carboxylic acids is 1. The van der Waals surface area contributed by atoms with Gasteiger partial charge in [0.25, 0.3) is 6.47 Å². The van der Waals surface area contributed by atoms with Gasteiger partial charge in [-0.2, -0.15) is 0 Å². The molecule has 34 heavy (non-hydrogen) atoms. The number of carbonyl (C=O) groups is 1. The summed E-state index contributed by atoms with van der Waals surface area (Å²) in [5.41, 5.74) is 4.99. The third-order valence-corrected chi connectivity index (χ3v) is 7.62. The summed E-state index contributed by atoms with van der Waals surface area (Å²) >= 11 is 0. The highest BCUT2D eigenvalue weighted by molar-refractivity contribution is 5.47. The first kappa shape index (κ1) is 26.5. The van der Waals surface area contributed by atoms with Crippen molar-refractivity contribution >= 4 is 12.2 Å². The molecule has 5 nitrogen and oxygen atoms in total. The second kappa shape index (κ2) is 11.5. The van der Waals surface area contributed by atoms with E-state index >= 15 is 0 Å². The summed E-state index contributed by atoms with van der Waals surface area (Å²) in [5.74, 6) is 0.480. The Bertz CT molecular complexity index is 874. The van der Waals surface area contributed by atoms with Crippen molar-refractivity contribution in [3.8, 4) is 0 Å². The smallest absolute Gasteiger partial charge is 0.293 e. The monoisotopic (exact) mass is 468 g/mol. The number of hydrogen-bond donors (Lipinski definition) is 1. The number of anilines is 1. The Balaban J connectivity index is 1.57. The molecule has 5 heteroatoms. The predicted molar refractivity (Wildman–Crippen MR) is 140 cm³/mol. The minimum Gasteiger partial charge on any atom is -0.467 e. The molecule has 1 N–H and O–H groups in total. The molecule has 188 valence electrons. The molecule has 0 bridgehead atoms. The Morgan fingerprint density at radius 2 is 2.00 bits per heavy atom. The van der Waals surface area contributed by atoms with Gasteiger partial charge in [0.05, 0.1) is 18.3 Å². The standard InChI is InChI=1S/C29H44N2O3/c1-7-29(20-33-21-32,19-31(6)26-10-8-22(2)9-11-26)14-15-30-18-24-16-23(3)27-25(17-24)12-13-28(4,5)34-27/h8-11,16-17,21,25,27,30H,7,12-15,18-20H2,1-6H3.